The number of aromatic nitrogens is 2. The predicted octanol–water partition coefficient (Wildman–Crippen LogP) is 0.495. The van der Waals surface area contributed by atoms with Crippen LogP contribution < -0.4 is 0 Å². The Labute approximate surface area is 86.7 Å². The quantitative estimate of drug-likeness (QED) is 0.790. The second-order valence-corrected chi connectivity index (χ2v) is 5.04. The molecular formula is C9H13N3OS. The Kier molecular flexibility index (Phi) is 1.87. The lowest BCUT2D eigenvalue weighted by Crippen LogP contribution is -2.48. The third-order valence-electron chi connectivity index (χ3n) is 3.54. The molecule has 4 nitrogen and oxygen atoms in total. The SMILES string of the molecule is OCC12CC(CN1Cc1csnn1)C2. The fourth-order valence-corrected chi connectivity index (χ4v) is 3.26. The maximum atomic E-state index is 9.39. The number of aliphatic hydroxyl groups excluding tert-OH is 1. The Morgan fingerprint density at radius 3 is 3.14 bits per heavy atom. The number of hydrogen-bond acceptors (Lipinski definition) is 5. The molecule has 1 aromatic rings. The van der Waals surface area contributed by atoms with E-state index in [9.17, 15) is 5.11 Å². The van der Waals surface area contributed by atoms with E-state index < -0.39 is 0 Å². The summed E-state index contributed by atoms with van der Waals surface area (Å²) in [5.74, 6) is 0.814. The van der Waals surface area contributed by atoms with E-state index in [1.807, 2.05) is 5.38 Å². The molecule has 0 amide bonds. The minimum absolute atomic E-state index is 0.0916. The molecule has 0 spiro atoms. The Balaban J connectivity index is 1.74. The first-order valence-electron chi connectivity index (χ1n) is 4.94. The lowest BCUT2D eigenvalue weighted by atomic mass is 9.74. The summed E-state index contributed by atoms with van der Waals surface area (Å²) in [5.41, 5.74) is 1.13. The summed E-state index contributed by atoms with van der Waals surface area (Å²) in [6.45, 7) is 2.27. The topological polar surface area (TPSA) is 49.2 Å². The normalized spacial score (nSPS) is 35.9. The molecule has 0 atom stereocenters. The van der Waals surface area contributed by atoms with Crippen molar-refractivity contribution in [1.29, 1.82) is 0 Å². The highest BCUT2D eigenvalue weighted by atomic mass is 32.1. The molecule has 2 bridgehead atoms. The van der Waals surface area contributed by atoms with E-state index in [1.54, 1.807) is 0 Å². The summed E-state index contributed by atoms with van der Waals surface area (Å²) in [4.78, 5) is 2.37. The second kappa shape index (κ2) is 2.98. The van der Waals surface area contributed by atoms with Gasteiger partial charge in [0.1, 0.15) is 0 Å². The smallest absolute Gasteiger partial charge is 0.0895 e. The Morgan fingerprint density at radius 2 is 2.50 bits per heavy atom. The summed E-state index contributed by atoms with van der Waals surface area (Å²) in [5, 5.41) is 15.4. The van der Waals surface area contributed by atoms with Crippen molar-refractivity contribution in [2.75, 3.05) is 13.2 Å². The van der Waals surface area contributed by atoms with E-state index in [2.05, 4.69) is 14.5 Å². The van der Waals surface area contributed by atoms with Gasteiger partial charge in [-0.05, 0) is 30.3 Å². The van der Waals surface area contributed by atoms with Crippen molar-refractivity contribution in [3.8, 4) is 0 Å². The van der Waals surface area contributed by atoms with Gasteiger partial charge in [-0.2, -0.15) is 0 Å². The van der Waals surface area contributed by atoms with Gasteiger partial charge < -0.3 is 5.11 Å². The molecule has 1 aliphatic carbocycles. The van der Waals surface area contributed by atoms with Gasteiger partial charge in [0.2, 0.25) is 0 Å². The van der Waals surface area contributed by atoms with Crippen LogP contribution in [0, 0.1) is 5.92 Å². The number of hydrogen-bond donors (Lipinski definition) is 1. The molecule has 3 heterocycles. The highest BCUT2D eigenvalue weighted by Gasteiger charge is 2.55. The Hall–Kier alpha value is -0.520. The van der Waals surface area contributed by atoms with E-state index in [4.69, 9.17) is 0 Å². The molecule has 1 aromatic heterocycles. The van der Waals surface area contributed by atoms with E-state index in [1.165, 1.54) is 24.4 Å². The van der Waals surface area contributed by atoms with Crippen LogP contribution in [0.4, 0.5) is 0 Å². The first kappa shape index (κ1) is 8.76. The average molecular weight is 211 g/mol. The van der Waals surface area contributed by atoms with E-state index >= 15 is 0 Å². The van der Waals surface area contributed by atoms with Crippen LogP contribution in [-0.2, 0) is 6.54 Å². The molecule has 3 aliphatic rings. The minimum atomic E-state index is 0.0916. The van der Waals surface area contributed by atoms with E-state index in [-0.39, 0.29) is 5.54 Å². The molecule has 1 N–H and O–H groups in total. The van der Waals surface area contributed by atoms with Gasteiger partial charge in [-0.1, -0.05) is 4.49 Å². The van der Waals surface area contributed by atoms with Crippen LogP contribution in [-0.4, -0.2) is 38.3 Å². The van der Waals surface area contributed by atoms with Crippen molar-refractivity contribution >= 4 is 11.5 Å². The first-order valence-corrected chi connectivity index (χ1v) is 5.78. The zero-order valence-electron chi connectivity index (χ0n) is 7.89. The lowest BCUT2D eigenvalue weighted by Gasteiger charge is -2.40. The highest BCUT2D eigenvalue weighted by molar-refractivity contribution is 7.03. The van der Waals surface area contributed by atoms with Gasteiger partial charge >= 0.3 is 0 Å². The van der Waals surface area contributed by atoms with Gasteiger partial charge in [-0.25, -0.2) is 0 Å². The summed E-state index contributed by atoms with van der Waals surface area (Å²) in [7, 11) is 0. The van der Waals surface area contributed by atoms with Crippen molar-refractivity contribution in [3.05, 3.63) is 11.1 Å². The second-order valence-electron chi connectivity index (χ2n) is 4.43. The van der Waals surface area contributed by atoms with Gasteiger partial charge in [0, 0.05) is 24.0 Å². The number of nitrogens with zero attached hydrogens (tertiary/aromatic N) is 3. The van der Waals surface area contributed by atoms with Crippen LogP contribution >= 0.6 is 11.5 Å². The zero-order valence-corrected chi connectivity index (χ0v) is 8.70. The van der Waals surface area contributed by atoms with Crippen LogP contribution in [0.2, 0.25) is 0 Å². The molecule has 0 radical (unpaired) electrons. The third kappa shape index (κ3) is 1.12. The average Bonchev–Trinajstić information content (AvgIpc) is 2.77. The molecular weight excluding hydrogens is 198 g/mol. The van der Waals surface area contributed by atoms with Gasteiger partial charge in [0.15, 0.2) is 0 Å². The van der Waals surface area contributed by atoms with Crippen molar-refractivity contribution in [2.24, 2.45) is 5.92 Å². The van der Waals surface area contributed by atoms with Crippen LogP contribution in [0.5, 0.6) is 0 Å². The first-order chi connectivity index (χ1) is 6.82. The van der Waals surface area contributed by atoms with Crippen LogP contribution in [0.15, 0.2) is 5.38 Å². The maximum Gasteiger partial charge on any atom is 0.0895 e. The fourth-order valence-electron chi connectivity index (χ4n) is 2.82. The Bertz CT molecular complexity index is 321. The van der Waals surface area contributed by atoms with Crippen molar-refractivity contribution in [3.63, 3.8) is 0 Å². The Morgan fingerprint density at radius 1 is 1.64 bits per heavy atom. The lowest BCUT2D eigenvalue weighted by molar-refractivity contribution is 0.0329. The van der Waals surface area contributed by atoms with Crippen molar-refractivity contribution < 1.29 is 5.11 Å². The monoisotopic (exact) mass is 211 g/mol. The molecule has 5 heteroatoms. The molecule has 14 heavy (non-hydrogen) atoms. The molecule has 0 unspecified atom stereocenters. The molecule has 76 valence electrons. The van der Waals surface area contributed by atoms with Gasteiger partial charge in [-0.15, -0.1) is 5.10 Å². The molecule has 2 saturated heterocycles. The summed E-state index contributed by atoms with van der Waals surface area (Å²) < 4.78 is 3.85. The van der Waals surface area contributed by atoms with Crippen molar-refractivity contribution in [2.45, 2.75) is 24.9 Å². The molecule has 2 aliphatic heterocycles. The minimum Gasteiger partial charge on any atom is -0.394 e. The summed E-state index contributed by atoms with van der Waals surface area (Å²) >= 11 is 1.39. The van der Waals surface area contributed by atoms with Crippen LogP contribution in [0.1, 0.15) is 18.5 Å². The predicted molar refractivity (Wildman–Crippen MR) is 52.9 cm³/mol. The van der Waals surface area contributed by atoms with Crippen molar-refractivity contribution in [1.82, 2.24) is 14.5 Å². The van der Waals surface area contributed by atoms with Gasteiger partial charge in [-0.3, -0.25) is 4.90 Å². The third-order valence-corrected chi connectivity index (χ3v) is 4.09. The highest BCUT2D eigenvalue weighted by Crippen LogP contribution is 2.50. The number of rotatable bonds is 3. The molecule has 3 fully saturated rings. The summed E-state index contributed by atoms with van der Waals surface area (Å²) in [6, 6.07) is 0. The number of fused-ring (bicyclic) bond motifs is 1. The summed E-state index contributed by atoms with van der Waals surface area (Å²) in [6.07, 6.45) is 2.34. The molecule has 1 saturated carbocycles. The van der Waals surface area contributed by atoms with Gasteiger partial charge in [0.05, 0.1) is 12.3 Å². The number of aliphatic hydroxyl groups is 1. The molecule has 4 rings (SSSR count). The van der Waals surface area contributed by atoms with Crippen LogP contribution in [0.25, 0.3) is 0 Å². The zero-order chi connectivity index (χ0) is 9.60. The fraction of sp³-hybridized carbons (Fsp3) is 0.778. The van der Waals surface area contributed by atoms with E-state index in [0.717, 1.165) is 24.7 Å². The van der Waals surface area contributed by atoms with E-state index in [0.29, 0.717) is 6.61 Å². The van der Waals surface area contributed by atoms with Gasteiger partial charge in [0.25, 0.3) is 0 Å². The van der Waals surface area contributed by atoms with Crippen LogP contribution in [0.3, 0.4) is 0 Å². The molecule has 0 aromatic carbocycles. The maximum absolute atomic E-state index is 9.39. The largest absolute Gasteiger partial charge is 0.394 e. The standard InChI is InChI=1S/C9H13N3OS/c13-6-9-1-7(2-9)3-12(9)4-8-5-14-11-10-8/h5,7,13H,1-4,6H2.